The molecule has 2 atom stereocenters. The molecule has 0 spiro atoms. The molecular weight excluding hydrogens is 264 g/mol. The van der Waals surface area contributed by atoms with Gasteiger partial charge in [0.25, 0.3) is 0 Å². The van der Waals surface area contributed by atoms with Gasteiger partial charge in [0.15, 0.2) is 0 Å². The molecule has 1 aromatic carbocycles. The van der Waals surface area contributed by atoms with Crippen LogP contribution in [-0.4, -0.2) is 18.2 Å². The first-order chi connectivity index (χ1) is 10.1. The third-order valence-electron chi connectivity index (χ3n) is 4.65. The quantitative estimate of drug-likeness (QED) is 0.666. The summed E-state index contributed by atoms with van der Waals surface area (Å²) in [5, 5.41) is 11.4. The van der Waals surface area contributed by atoms with Crippen molar-refractivity contribution in [3.05, 3.63) is 35.4 Å². The van der Waals surface area contributed by atoms with Gasteiger partial charge < -0.3 is 9.84 Å². The van der Waals surface area contributed by atoms with Gasteiger partial charge in [-0.05, 0) is 43.2 Å². The fourth-order valence-electron chi connectivity index (χ4n) is 3.47. The van der Waals surface area contributed by atoms with Crippen molar-refractivity contribution >= 4 is 5.97 Å². The summed E-state index contributed by atoms with van der Waals surface area (Å²) in [6, 6.07) is 8.00. The smallest absolute Gasteiger partial charge is 0.311 e. The lowest BCUT2D eigenvalue weighted by Gasteiger charge is -2.35. The zero-order valence-corrected chi connectivity index (χ0v) is 13.1. The van der Waals surface area contributed by atoms with E-state index < -0.39 is 11.5 Å². The molecule has 0 saturated carbocycles. The second-order valence-electron chi connectivity index (χ2n) is 6.01. The number of aliphatic hydroxyl groups is 1. The van der Waals surface area contributed by atoms with Gasteiger partial charge in [-0.25, -0.2) is 0 Å². The second kappa shape index (κ2) is 7.08. The Hall–Kier alpha value is -1.35. The van der Waals surface area contributed by atoms with Crippen LogP contribution in [0, 0.1) is 5.92 Å². The van der Waals surface area contributed by atoms with Crippen LogP contribution in [0.3, 0.4) is 0 Å². The normalized spacial score (nSPS) is 23.0. The summed E-state index contributed by atoms with van der Waals surface area (Å²) in [6.07, 6.45) is 6.20. The number of methoxy groups -OCH3 is 1. The maximum atomic E-state index is 12.3. The largest absolute Gasteiger partial charge is 0.469 e. The molecule has 3 heteroatoms. The van der Waals surface area contributed by atoms with Gasteiger partial charge in [-0.2, -0.15) is 0 Å². The molecule has 0 fully saturated rings. The predicted octanol–water partition coefficient (Wildman–Crippen LogP) is 3.58. The molecule has 0 bridgehead atoms. The van der Waals surface area contributed by atoms with Crippen LogP contribution in [0.1, 0.15) is 56.6 Å². The third-order valence-corrected chi connectivity index (χ3v) is 4.65. The molecule has 3 nitrogen and oxygen atoms in total. The third kappa shape index (κ3) is 3.29. The summed E-state index contributed by atoms with van der Waals surface area (Å²) in [7, 11) is 1.41. The van der Waals surface area contributed by atoms with E-state index in [1.54, 1.807) is 0 Å². The molecule has 1 aliphatic rings. The Morgan fingerprint density at radius 2 is 2.14 bits per heavy atom. The number of benzene rings is 1. The lowest BCUT2D eigenvalue weighted by molar-refractivity contribution is -0.158. The standard InChI is InChI=1S/C18H26O3/c1-3-4-11-16(17(19)21-2)18(20)13-8-7-10-14-9-5-6-12-15(14)18/h5-6,9,12,16,20H,3-4,7-8,10-11,13H2,1-2H3. The van der Waals surface area contributed by atoms with Gasteiger partial charge in [0, 0.05) is 0 Å². The highest BCUT2D eigenvalue weighted by molar-refractivity contribution is 5.74. The molecule has 0 heterocycles. The zero-order valence-electron chi connectivity index (χ0n) is 13.1. The molecule has 1 aromatic rings. The van der Waals surface area contributed by atoms with Crippen LogP contribution in [0.4, 0.5) is 0 Å². The lowest BCUT2D eigenvalue weighted by atomic mass is 9.75. The number of carbonyl (C=O) groups is 1. The van der Waals surface area contributed by atoms with Gasteiger partial charge in [0.05, 0.1) is 13.0 Å². The van der Waals surface area contributed by atoms with E-state index in [-0.39, 0.29) is 5.97 Å². The second-order valence-corrected chi connectivity index (χ2v) is 6.01. The summed E-state index contributed by atoms with van der Waals surface area (Å²) in [6.45, 7) is 2.10. The number of fused-ring (bicyclic) bond motifs is 1. The average molecular weight is 290 g/mol. The number of esters is 1. The molecule has 0 amide bonds. The molecule has 0 saturated heterocycles. The first-order valence-corrected chi connectivity index (χ1v) is 8.02. The van der Waals surface area contributed by atoms with E-state index in [0.717, 1.165) is 37.7 Å². The number of hydrogen-bond donors (Lipinski definition) is 1. The van der Waals surface area contributed by atoms with Crippen LogP contribution < -0.4 is 0 Å². The maximum absolute atomic E-state index is 12.3. The van der Waals surface area contributed by atoms with Crippen molar-refractivity contribution in [2.24, 2.45) is 5.92 Å². The number of unbranched alkanes of at least 4 members (excludes halogenated alkanes) is 1. The summed E-state index contributed by atoms with van der Waals surface area (Å²) in [5.41, 5.74) is 1.01. The number of carbonyl (C=O) groups excluding carboxylic acids is 1. The van der Waals surface area contributed by atoms with Crippen molar-refractivity contribution < 1.29 is 14.6 Å². The molecule has 116 valence electrons. The van der Waals surface area contributed by atoms with Gasteiger partial charge in [-0.3, -0.25) is 4.79 Å². The van der Waals surface area contributed by atoms with Gasteiger partial charge >= 0.3 is 5.97 Å². The van der Waals surface area contributed by atoms with E-state index in [2.05, 4.69) is 13.0 Å². The first-order valence-electron chi connectivity index (χ1n) is 8.02. The Morgan fingerprint density at radius 3 is 2.86 bits per heavy atom. The Morgan fingerprint density at radius 1 is 1.38 bits per heavy atom. The Bertz CT molecular complexity index is 483. The topological polar surface area (TPSA) is 46.5 Å². The SMILES string of the molecule is CCCCC(C(=O)OC)C1(O)CCCCc2ccccc21. The van der Waals surface area contributed by atoms with E-state index in [1.165, 1.54) is 12.7 Å². The summed E-state index contributed by atoms with van der Waals surface area (Å²) in [5.74, 6) is -0.760. The molecule has 21 heavy (non-hydrogen) atoms. The van der Waals surface area contributed by atoms with Crippen LogP contribution >= 0.6 is 0 Å². The lowest BCUT2D eigenvalue weighted by Crippen LogP contribution is -2.40. The Kier molecular flexibility index (Phi) is 5.40. The van der Waals surface area contributed by atoms with E-state index >= 15 is 0 Å². The first kappa shape index (κ1) is 16.0. The van der Waals surface area contributed by atoms with E-state index in [1.807, 2.05) is 18.2 Å². The maximum Gasteiger partial charge on any atom is 0.311 e. The number of rotatable bonds is 5. The van der Waals surface area contributed by atoms with Crippen molar-refractivity contribution in [1.29, 1.82) is 0 Å². The zero-order chi connectivity index (χ0) is 15.3. The van der Waals surface area contributed by atoms with Crippen LogP contribution in [-0.2, 0) is 21.6 Å². The molecule has 0 aliphatic heterocycles. The van der Waals surface area contributed by atoms with Crippen LogP contribution in [0.5, 0.6) is 0 Å². The van der Waals surface area contributed by atoms with Crippen LogP contribution in [0.15, 0.2) is 24.3 Å². The molecule has 0 radical (unpaired) electrons. The monoisotopic (exact) mass is 290 g/mol. The average Bonchev–Trinajstić information content (AvgIpc) is 2.68. The minimum absolute atomic E-state index is 0.289. The number of aryl methyl sites for hydroxylation is 1. The Balaban J connectivity index is 2.42. The molecule has 1 N–H and O–H groups in total. The van der Waals surface area contributed by atoms with Crippen molar-refractivity contribution in [3.8, 4) is 0 Å². The predicted molar refractivity (Wildman–Crippen MR) is 82.9 cm³/mol. The van der Waals surface area contributed by atoms with E-state index in [0.29, 0.717) is 12.8 Å². The molecule has 2 unspecified atom stereocenters. The van der Waals surface area contributed by atoms with Crippen LogP contribution in [0.2, 0.25) is 0 Å². The van der Waals surface area contributed by atoms with Crippen LogP contribution in [0.25, 0.3) is 0 Å². The summed E-state index contributed by atoms with van der Waals surface area (Å²) in [4.78, 5) is 12.3. The molecule has 2 rings (SSSR count). The Labute approximate surface area is 127 Å². The highest BCUT2D eigenvalue weighted by Gasteiger charge is 2.44. The highest BCUT2D eigenvalue weighted by atomic mass is 16.5. The van der Waals surface area contributed by atoms with E-state index in [4.69, 9.17) is 4.74 Å². The van der Waals surface area contributed by atoms with Crippen molar-refractivity contribution in [1.82, 2.24) is 0 Å². The summed E-state index contributed by atoms with van der Waals surface area (Å²) >= 11 is 0. The van der Waals surface area contributed by atoms with Gasteiger partial charge in [-0.1, -0.05) is 44.0 Å². The molecular formula is C18H26O3. The van der Waals surface area contributed by atoms with E-state index in [9.17, 15) is 9.90 Å². The molecule has 0 aromatic heterocycles. The fraction of sp³-hybridized carbons (Fsp3) is 0.611. The minimum Gasteiger partial charge on any atom is -0.469 e. The summed E-state index contributed by atoms with van der Waals surface area (Å²) < 4.78 is 4.98. The van der Waals surface area contributed by atoms with Gasteiger partial charge in [-0.15, -0.1) is 0 Å². The van der Waals surface area contributed by atoms with Crippen molar-refractivity contribution in [2.45, 2.75) is 57.5 Å². The van der Waals surface area contributed by atoms with Crippen molar-refractivity contribution in [3.63, 3.8) is 0 Å². The molecule has 1 aliphatic carbocycles. The van der Waals surface area contributed by atoms with Gasteiger partial charge in [0.1, 0.15) is 5.60 Å². The number of ether oxygens (including phenoxy) is 1. The number of hydrogen-bond acceptors (Lipinski definition) is 3. The van der Waals surface area contributed by atoms with Gasteiger partial charge in [0.2, 0.25) is 0 Å². The minimum atomic E-state index is -1.09. The fourth-order valence-corrected chi connectivity index (χ4v) is 3.47. The van der Waals surface area contributed by atoms with Crippen molar-refractivity contribution in [2.75, 3.05) is 7.11 Å². The highest BCUT2D eigenvalue weighted by Crippen LogP contribution is 2.42.